The highest BCUT2D eigenvalue weighted by molar-refractivity contribution is 5.76. The van der Waals surface area contributed by atoms with Crippen molar-refractivity contribution >= 4 is 5.91 Å². The number of nitrogens with zero attached hydrogens (tertiary/aromatic N) is 3. The zero-order valence-corrected chi connectivity index (χ0v) is 14.0. The standard InChI is InChI=1S/C18H27N3O2/c1-13-8-17(19-23-13)12-20-4-6-21(7-5-20)18(22)11-16-10-14-2-3-15(16)9-14/h8,14-16H,2-7,9-12H2,1H3. The molecule has 2 aliphatic carbocycles. The van der Waals surface area contributed by atoms with Gasteiger partial charge in [-0.2, -0.15) is 0 Å². The van der Waals surface area contributed by atoms with E-state index in [2.05, 4.69) is 15.0 Å². The fourth-order valence-electron chi connectivity index (χ4n) is 4.86. The molecule has 3 atom stereocenters. The predicted molar refractivity (Wildman–Crippen MR) is 86.7 cm³/mol. The number of amides is 1. The lowest BCUT2D eigenvalue weighted by Crippen LogP contribution is -2.48. The maximum absolute atomic E-state index is 12.6. The van der Waals surface area contributed by atoms with Crippen molar-refractivity contribution in [3.05, 3.63) is 17.5 Å². The Labute approximate surface area is 138 Å². The molecule has 3 aliphatic rings. The van der Waals surface area contributed by atoms with Crippen molar-refractivity contribution in [2.75, 3.05) is 26.2 Å². The van der Waals surface area contributed by atoms with Crippen LogP contribution in [0.1, 0.15) is 43.6 Å². The Bertz CT molecular complexity index is 562. The second kappa shape index (κ2) is 6.27. The van der Waals surface area contributed by atoms with Gasteiger partial charge in [0, 0.05) is 45.2 Å². The predicted octanol–water partition coefficient (Wildman–Crippen LogP) is 2.45. The van der Waals surface area contributed by atoms with Gasteiger partial charge < -0.3 is 9.42 Å². The largest absolute Gasteiger partial charge is 0.361 e. The molecule has 1 aromatic heterocycles. The van der Waals surface area contributed by atoms with E-state index in [9.17, 15) is 4.79 Å². The van der Waals surface area contributed by atoms with Crippen LogP contribution in [-0.4, -0.2) is 47.0 Å². The Morgan fingerprint density at radius 2 is 2.09 bits per heavy atom. The highest BCUT2D eigenvalue weighted by atomic mass is 16.5. The van der Waals surface area contributed by atoms with Crippen LogP contribution in [0.2, 0.25) is 0 Å². The first kappa shape index (κ1) is 15.2. The summed E-state index contributed by atoms with van der Waals surface area (Å²) in [5.74, 6) is 3.71. The van der Waals surface area contributed by atoms with E-state index in [0.29, 0.717) is 11.8 Å². The summed E-state index contributed by atoms with van der Waals surface area (Å²) >= 11 is 0. The van der Waals surface area contributed by atoms with Crippen molar-refractivity contribution in [2.24, 2.45) is 17.8 Å². The number of hydrogen-bond donors (Lipinski definition) is 0. The van der Waals surface area contributed by atoms with Crippen LogP contribution in [0.25, 0.3) is 0 Å². The molecule has 2 bridgehead atoms. The molecule has 0 spiro atoms. The first-order chi connectivity index (χ1) is 11.2. The molecule has 1 aliphatic heterocycles. The molecule has 3 fully saturated rings. The number of aromatic nitrogens is 1. The third-order valence-electron chi connectivity index (χ3n) is 6.11. The first-order valence-corrected chi connectivity index (χ1v) is 9.09. The zero-order valence-electron chi connectivity index (χ0n) is 14.0. The Balaban J connectivity index is 1.23. The molecule has 2 saturated carbocycles. The molecule has 4 rings (SSSR count). The average molecular weight is 317 g/mol. The molecular weight excluding hydrogens is 290 g/mol. The minimum absolute atomic E-state index is 0.388. The summed E-state index contributed by atoms with van der Waals surface area (Å²) in [5, 5.41) is 4.06. The summed E-state index contributed by atoms with van der Waals surface area (Å²) in [6, 6.07) is 1.99. The van der Waals surface area contributed by atoms with Crippen molar-refractivity contribution in [1.29, 1.82) is 0 Å². The van der Waals surface area contributed by atoms with Crippen molar-refractivity contribution in [3.63, 3.8) is 0 Å². The summed E-state index contributed by atoms with van der Waals surface area (Å²) in [6.07, 6.45) is 6.28. The Kier molecular flexibility index (Phi) is 4.14. The summed E-state index contributed by atoms with van der Waals surface area (Å²) in [5.41, 5.74) is 0.990. The van der Waals surface area contributed by atoms with Gasteiger partial charge in [0.15, 0.2) is 0 Å². The van der Waals surface area contributed by atoms with Crippen LogP contribution < -0.4 is 0 Å². The zero-order chi connectivity index (χ0) is 15.8. The van der Waals surface area contributed by atoms with Gasteiger partial charge in [-0.05, 0) is 43.9 Å². The van der Waals surface area contributed by atoms with Gasteiger partial charge >= 0.3 is 0 Å². The highest BCUT2D eigenvalue weighted by Gasteiger charge is 2.40. The van der Waals surface area contributed by atoms with Gasteiger partial charge in [0.2, 0.25) is 5.91 Å². The van der Waals surface area contributed by atoms with Crippen molar-refractivity contribution in [3.8, 4) is 0 Å². The fourth-order valence-corrected chi connectivity index (χ4v) is 4.86. The summed E-state index contributed by atoms with van der Waals surface area (Å²) in [7, 11) is 0. The van der Waals surface area contributed by atoms with Crippen LogP contribution in [0.15, 0.2) is 10.6 Å². The second-order valence-corrected chi connectivity index (χ2v) is 7.72. The van der Waals surface area contributed by atoms with Crippen LogP contribution in [0.4, 0.5) is 0 Å². The van der Waals surface area contributed by atoms with Gasteiger partial charge in [-0.25, -0.2) is 0 Å². The summed E-state index contributed by atoms with van der Waals surface area (Å²) in [4.78, 5) is 17.0. The van der Waals surface area contributed by atoms with Gasteiger partial charge in [0.1, 0.15) is 5.76 Å². The lowest BCUT2D eigenvalue weighted by atomic mass is 9.86. The normalized spacial score (nSPS) is 31.0. The molecule has 23 heavy (non-hydrogen) atoms. The SMILES string of the molecule is Cc1cc(CN2CCN(C(=O)CC3CC4CCC3C4)CC2)no1. The van der Waals surface area contributed by atoms with Crippen molar-refractivity contribution in [2.45, 2.75) is 45.6 Å². The van der Waals surface area contributed by atoms with Crippen molar-refractivity contribution in [1.82, 2.24) is 15.0 Å². The molecule has 1 amide bonds. The first-order valence-electron chi connectivity index (χ1n) is 9.09. The molecule has 126 valence electrons. The van der Waals surface area contributed by atoms with E-state index in [1.54, 1.807) is 0 Å². The van der Waals surface area contributed by atoms with E-state index in [1.807, 2.05) is 13.0 Å². The topological polar surface area (TPSA) is 49.6 Å². The molecule has 0 aromatic carbocycles. The quantitative estimate of drug-likeness (QED) is 0.856. The molecule has 1 aromatic rings. The number of carbonyl (C=O) groups excluding carboxylic acids is 1. The van der Waals surface area contributed by atoms with Crippen LogP contribution in [0.5, 0.6) is 0 Å². The Hall–Kier alpha value is -1.36. The van der Waals surface area contributed by atoms with Gasteiger partial charge in [0.05, 0.1) is 5.69 Å². The molecule has 0 radical (unpaired) electrons. The van der Waals surface area contributed by atoms with Gasteiger partial charge in [-0.3, -0.25) is 9.69 Å². The minimum atomic E-state index is 0.388. The Morgan fingerprint density at radius 3 is 2.70 bits per heavy atom. The third-order valence-corrected chi connectivity index (χ3v) is 6.11. The number of hydrogen-bond acceptors (Lipinski definition) is 4. The van der Waals surface area contributed by atoms with Gasteiger partial charge in [-0.15, -0.1) is 0 Å². The van der Waals surface area contributed by atoms with E-state index in [1.165, 1.54) is 25.7 Å². The van der Waals surface area contributed by atoms with Crippen LogP contribution in [-0.2, 0) is 11.3 Å². The fraction of sp³-hybridized carbons (Fsp3) is 0.778. The van der Waals surface area contributed by atoms with Crippen LogP contribution in [0.3, 0.4) is 0 Å². The van der Waals surface area contributed by atoms with Crippen molar-refractivity contribution < 1.29 is 9.32 Å². The van der Waals surface area contributed by atoms with E-state index in [4.69, 9.17) is 4.52 Å². The highest BCUT2D eigenvalue weighted by Crippen LogP contribution is 2.49. The second-order valence-electron chi connectivity index (χ2n) is 7.72. The molecule has 5 heteroatoms. The number of carbonyl (C=O) groups is 1. The minimum Gasteiger partial charge on any atom is -0.361 e. The van der Waals surface area contributed by atoms with E-state index in [0.717, 1.165) is 62.4 Å². The molecule has 1 saturated heterocycles. The maximum atomic E-state index is 12.6. The van der Waals surface area contributed by atoms with E-state index >= 15 is 0 Å². The van der Waals surface area contributed by atoms with Crippen LogP contribution >= 0.6 is 0 Å². The average Bonchev–Trinajstić information content (AvgIpc) is 3.25. The summed E-state index contributed by atoms with van der Waals surface area (Å²) in [6.45, 7) is 6.34. The van der Waals surface area contributed by atoms with Crippen LogP contribution in [0, 0.1) is 24.7 Å². The number of piperazine rings is 1. The lowest BCUT2D eigenvalue weighted by molar-refractivity contribution is -0.134. The third kappa shape index (κ3) is 3.30. The molecule has 5 nitrogen and oxygen atoms in total. The Morgan fingerprint density at radius 1 is 1.26 bits per heavy atom. The molecule has 2 heterocycles. The lowest BCUT2D eigenvalue weighted by Gasteiger charge is -2.35. The van der Waals surface area contributed by atoms with Gasteiger partial charge in [0.25, 0.3) is 0 Å². The monoisotopic (exact) mass is 317 g/mol. The van der Waals surface area contributed by atoms with E-state index in [-0.39, 0.29) is 0 Å². The number of aryl methyl sites for hydroxylation is 1. The molecule has 0 N–H and O–H groups in total. The van der Waals surface area contributed by atoms with E-state index < -0.39 is 0 Å². The molecule has 3 unspecified atom stereocenters. The smallest absolute Gasteiger partial charge is 0.222 e. The van der Waals surface area contributed by atoms with Gasteiger partial charge in [-0.1, -0.05) is 11.6 Å². The number of fused-ring (bicyclic) bond motifs is 2. The molecular formula is C18H27N3O2. The summed E-state index contributed by atoms with van der Waals surface area (Å²) < 4.78 is 5.12. The number of rotatable bonds is 4. The maximum Gasteiger partial charge on any atom is 0.222 e.